The number of aromatic hydroxyl groups is 1. The molecule has 0 aromatic heterocycles. The lowest BCUT2D eigenvalue weighted by Gasteiger charge is -2.46. The first-order valence-corrected chi connectivity index (χ1v) is 9.86. The molecule has 3 rings (SSSR count). The van der Waals surface area contributed by atoms with Crippen LogP contribution in [0.3, 0.4) is 0 Å². The average molecular weight is 392 g/mol. The number of carbonyl (C=O) groups excluding carboxylic acids is 1. The molecule has 1 aliphatic heterocycles. The predicted octanol–water partition coefficient (Wildman–Crippen LogP) is 4.87. The highest BCUT2D eigenvalue weighted by Gasteiger charge is 2.33. The lowest BCUT2D eigenvalue weighted by molar-refractivity contribution is 0.0955. The van der Waals surface area contributed by atoms with Crippen molar-refractivity contribution in [2.45, 2.75) is 53.1 Å². The van der Waals surface area contributed by atoms with E-state index in [1.807, 2.05) is 0 Å². The van der Waals surface area contributed by atoms with Crippen LogP contribution in [0.25, 0.3) is 5.57 Å². The topological polar surface area (TPSA) is 64.9 Å². The Morgan fingerprint density at radius 2 is 1.83 bits per heavy atom. The summed E-state index contributed by atoms with van der Waals surface area (Å²) in [5.74, 6) is -0.197. The quantitative estimate of drug-likeness (QED) is 0.577. The molecular formula is C24H29N3O2. The van der Waals surface area contributed by atoms with E-state index in [0.29, 0.717) is 11.6 Å². The van der Waals surface area contributed by atoms with Crippen LogP contribution in [0.2, 0.25) is 0 Å². The number of nitrogens with one attached hydrogen (secondary N) is 1. The molecule has 5 nitrogen and oxygen atoms in total. The third-order valence-corrected chi connectivity index (χ3v) is 5.27. The van der Waals surface area contributed by atoms with Crippen LogP contribution in [-0.4, -0.2) is 28.8 Å². The molecule has 0 unspecified atom stereocenters. The molecule has 0 fully saturated rings. The second kappa shape index (κ2) is 7.74. The van der Waals surface area contributed by atoms with Crippen molar-refractivity contribution in [1.82, 2.24) is 5.43 Å². The number of aryl methyl sites for hydroxylation is 1. The number of phenols is 1. The van der Waals surface area contributed by atoms with Gasteiger partial charge in [-0.25, -0.2) is 5.43 Å². The van der Waals surface area contributed by atoms with E-state index < -0.39 is 0 Å². The zero-order valence-corrected chi connectivity index (χ0v) is 17.9. The number of nitrogens with zero attached hydrogens (tertiary/aromatic N) is 2. The van der Waals surface area contributed by atoms with Gasteiger partial charge in [-0.05, 0) is 94.6 Å². The number of anilines is 1. The molecule has 152 valence electrons. The van der Waals surface area contributed by atoms with Crippen molar-refractivity contribution in [3.63, 3.8) is 0 Å². The minimum absolute atomic E-state index is 0.0502. The largest absolute Gasteiger partial charge is 0.508 e. The number of hydrogen-bond acceptors (Lipinski definition) is 4. The molecule has 0 saturated heterocycles. The lowest BCUT2D eigenvalue weighted by atomic mass is 9.86. The average Bonchev–Trinajstić information content (AvgIpc) is 2.62. The van der Waals surface area contributed by atoms with Crippen LogP contribution in [0.15, 0.2) is 47.6 Å². The Balaban J connectivity index is 1.87. The van der Waals surface area contributed by atoms with E-state index in [-0.39, 0.29) is 17.2 Å². The molecule has 0 spiro atoms. The Labute approximate surface area is 172 Å². The van der Waals surface area contributed by atoms with Crippen molar-refractivity contribution in [2.75, 3.05) is 4.90 Å². The number of amides is 1. The number of fused-ring (bicyclic) bond motifs is 1. The summed E-state index contributed by atoms with van der Waals surface area (Å²) in [6, 6.07) is 10.8. The Bertz CT molecular complexity index is 986. The zero-order chi connectivity index (χ0) is 21.3. The molecule has 2 aromatic rings. The number of rotatable bonds is 4. The first-order valence-electron chi connectivity index (χ1n) is 9.86. The Morgan fingerprint density at radius 1 is 1.17 bits per heavy atom. The van der Waals surface area contributed by atoms with Crippen molar-refractivity contribution in [1.29, 1.82) is 0 Å². The summed E-state index contributed by atoms with van der Waals surface area (Å²) < 4.78 is 0. The molecule has 1 heterocycles. The maximum atomic E-state index is 12.2. The van der Waals surface area contributed by atoms with Crippen LogP contribution < -0.4 is 10.3 Å². The number of allylic oxidation sites excluding steroid dienone is 1. The lowest BCUT2D eigenvalue weighted by Crippen LogP contribution is -2.49. The highest BCUT2D eigenvalue weighted by atomic mass is 16.3. The molecule has 1 aliphatic rings. The minimum Gasteiger partial charge on any atom is -0.508 e. The molecule has 1 amide bonds. The van der Waals surface area contributed by atoms with Crippen molar-refractivity contribution in [2.24, 2.45) is 5.10 Å². The van der Waals surface area contributed by atoms with Crippen LogP contribution >= 0.6 is 0 Å². The molecule has 5 heteroatoms. The van der Waals surface area contributed by atoms with Crippen LogP contribution in [0, 0.1) is 6.92 Å². The number of benzene rings is 2. The molecule has 2 N–H and O–H groups in total. The van der Waals surface area contributed by atoms with Gasteiger partial charge in [-0.15, -0.1) is 0 Å². The first-order chi connectivity index (χ1) is 13.6. The van der Waals surface area contributed by atoms with E-state index in [0.717, 1.165) is 11.1 Å². The highest BCUT2D eigenvalue weighted by Crippen LogP contribution is 2.41. The fourth-order valence-electron chi connectivity index (χ4n) is 4.13. The fourth-order valence-corrected chi connectivity index (χ4v) is 4.13. The second-order valence-electron chi connectivity index (χ2n) is 8.42. The van der Waals surface area contributed by atoms with Gasteiger partial charge in [0.05, 0.1) is 11.8 Å². The minimum atomic E-state index is -0.319. The van der Waals surface area contributed by atoms with Gasteiger partial charge in [-0.3, -0.25) is 4.79 Å². The molecule has 0 bridgehead atoms. The van der Waals surface area contributed by atoms with Gasteiger partial charge in [0.1, 0.15) is 5.75 Å². The summed E-state index contributed by atoms with van der Waals surface area (Å²) in [6.07, 6.45) is 3.98. The fraction of sp³-hybridized carbons (Fsp3) is 0.333. The number of carbonyl (C=O) groups is 1. The third kappa shape index (κ3) is 4.19. The maximum absolute atomic E-state index is 12.2. The molecule has 29 heavy (non-hydrogen) atoms. The Morgan fingerprint density at radius 3 is 2.45 bits per heavy atom. The summed E-state index contributed by atoms with van der Waals surface area (Å²) in [4.78, 5) is 14.6. The number of hydrazone groups is 1. The van der Waals surface area contributed by atoms with E-state index in [4.69, 9.17) is 0 Å². The monoisotopic (exact) mass is 391 g/mol. The SMILES string of the molecule is CC1=CC(C)(C)N(C(C)C)c2cc(C)c(/C=N/NC(=O)c3ccc(O)cc3)cc21. The van der Waals surface area contributed by atoms with Crippen molar-refractivity contribution in [3.05, 3.63) is 64.7 Å². The maximum Gasteiger partial charge on any atom is 0.271 e. The van der Waals surface area contributed by atoms with Crippen LogP contribution in [0.4, 0.5) is 5.69 Å². The molecular weight excluding hydrogens is 362 g/mol. The van der Waals surface area contributed by atoms with Crippen LogP contribution in [0.5, 0.6) is 5.75 Å². The normalized spacial score (nSPS) is 15.4. The van der Waals surface area contributed by atoms with E-state index >= 15 is 0 Å². The smallest absolute Gasteiger partial charge is 0.271 e. The van der Waals surface area contributed by atoms with E-state index in [2.05, 4.69) is 75.2 Å². The summed E-state index contributed by atoms with van der Waals surface area (Å²) >= 11 is 0. The van der Waals surface area contributed by atoms with Gasteiger partial charge in [-0.1, -0.05) is 6.08 Å². The van der Waals surface area contributed by atoms with Crippen molar-refractivity contribution < 1.29 is 9.90 Å². The van der Waals surface area contributed by atoms with Gasteiger partial charge >= 0.3 is 0 Å². The summed E-state index contributed by atoms with van der Waals surface area (Å²) in [5.41, 5.74) is 8.66. The zero-order valence-electron chi connectivity index (χ0n) is 17.9. The summed E-state index contributed by atoms with van der Waals surface area (Å²) in [6.45, 7) is 13.1. The third-order valence-electron chi connectivity index (χ3n) is 5.27. The van der Waals surface area contributed by atoms with E-state index in [1.54, 1.807) is 18.3 Å². The Kier molecular flexibility index (Phi) is 5.51. The van der Waals surface area contributed by atoms with Gasteiger partial charge < -0.3 is 10.0 Å². The molecule has 0 aliphatic carbocycles. The summed E-state index contributed by atoms with van der Waals surface area (Å²) in [7, 11) is 0. The molecule has 2 aromatic carbocycles. The van der Waals surface area contributed by atoms with E-state index in [1.165, 1.54) is 29.0 Å². The molecule has 0 radical (unpaired) electrons. The van der Waals surface area contributed by atoms with Crippen LogP contribution in [-0.2, 0) is 0 Å². The van der Waals surface area contributed by atoms with Crippen molar-refractivity contribution in [3.8, 4) is 5.75 Å². The predicted molar refractivity (Wildman–Crippen MR) is 120 cm³/mol. The van der Waals surface area contributed by atoms with Crippen molar-refractivity contribution >= 4 is 23.4 Å². The van der Waals surface area contributed by atoms with Gasteiger partial charge in [0, 0.05) is 22.9 Å². The number of hydrogen-bond donors (Lipinski definition) is 2. The van der Waals surface area contributed by atoms with Gasteiger partial charge in [-0.2, -0.15) is 5.10 Å². The summed E-state index contributed by atoms with van der Waals surface area (Å²) in [5, 5.41) is 13.5. The van der Waals surface area contributed by atoms with Gasteiger partial charge in [0.25, 0.3) is 5.91 Å². The highest BCUT2D eigenvalue weighted by molar-refractivity contribution is 5.95. The van der Waals surface area contributed by atoms with E-state index in [9.17, 15) is 9.90 Å². The second-order valence-corrected chi connectivity index (χ2v) is 8.42. The molecule has 0 atom stereocenters. The standard InChI is InChI=1S/C24H29N3O2/c1-15(2)27-22-11-16(3)19(12-21(22)17(4)13-24(27,5)6)14-25-26-23(29)18-7-9-20(28)10-8-18/h7-15,28H,1-6H3,(H,26,29)/b25-14+. The van der Waals surface area contributed by atoms with Gasteiger partial charge in [0.2, 0.25) is 0 Å². The Hall–Kier alpha value is -3.08. The van der Waals surface area contributed by atoms with Crippen LogP contribution in [0.1, 0.15) is 61.7 Å². The van der Waals surface area contributed by atoms with Gasteiger partial charge in [0.15, 0.2) is 0 Å². The first kappa shape index (κ1) is 20.6. The number of phenolic OH excluding ortho intramolecular Hbond substituents is 1. The molecule has 0 saturated carbocycles.